The summed E-state index contributed by atoms with van der Waals surface area (Å²) >= 11 is 5.05. The molecule has 5 heteroatoms. The molecule has 0 radical (unpaired) electrons. The molecule has 0 bridgehead atoms. The van der Waals surface area contributed by atoms with Crippen molar-refractivity contribution in [1.82, 2.24) is 9.88 Å². The third kappa shape index (κ3) is 2.94. The molecule has 108 valence electrons. The topological polar surface area (TPSA) is 45.4 Å². The Hall–Kier alpha value is -1.20. The normalized spacial score (nSPS) is 24.0. The monoisotopic (exact) mass is 290 g/mol. The summed E-state index contributed by atoms with van der Waals surface area (Å²) in [5.41, 5.74) is 6.61. The summed E-state index contributed by atoms with van der Waals surface area (Å²) in [4.78, 5) is 9.94. The van der Waals surface area contributed by atoms with Gasteiger partial charge in [0.2, 0.25) is 0 Å². The van der Waals surface area contributed by atoms with Crippen LogP contribution >= 0.6 is 12.2 Å². The van der Waals surface area contributed by atoms with Gasteiger partial charge in [0.1, 0.15) is 10.8 Å². The number of nitrogens with zero attached hydrogens (tertiary/aromatic N) is 3. The molecule has 4 nitrogen and oxygen atoms in total. The van der Waals surface area contributed by atoms with Crippen LogP contribution in [0.1, 0.15) is 31.2 Å². The molecule has 0 aromatic carbocycles. The second kappa shape index (κ2) is 6.06. The standard InChI is InChI=1S/C15H22N4S/c16-15(20)12-4-6-17-14(10-12)19-9-5-13(11-19)18-7-2-1-3-8-18/h4,6,10,13H,1-3,5,7-9,11H2,(H2,16,20). The van der Waals surface area contributed by atoms with Crippen LogP contribution in [0.4, 0.5) is 5.82 Å². The minimum atomic E-state index is 0.445. The molecule has 1 aromatic rings. The van der Waals surface area contributed by atoms with E-state index in [1.165, 1.54) is 38.8 Å². The smallest absolute Gasteiger partial charge is 0.129 e. The lowest BCUT2D eigenvalue weighted by Gasteiger charge is -2.32. The van der Waals surface area contributed by atoms with Crippen molar-refractivity contribution >= 4 is 23.0 Å². The molecule has 1 aromatic heterocycles. The average molecular weight is 290 g/mol. The Morgan fingerprint density at radius 2 is 2.05 bits per heavy atom. The van der Waals surface area contributed by atoms with Crippen molar-refractivity contribution in [2.45, 2.75) is 31.7 Å². The van der Waals surface area contributed by atoms with Crippen molar-refractivity contribution in [2.24, 2.45) is 5.73 Å². The molecule has 3 rings (SSSR count). The summed E-state index contributed by atoms with van der Waals surface area (Å²) in [6.45, 7) is 4.68. The molecule has 0 aliphatic carbocycles. The largest absolute Gasteiger partial charge is 0.389 e. The highest BCUT2D eigenvalue weighted by Gasteiger charge is 2.29. The van der Waals surface area contributed by atoms with Crippen LogP contribution in [-0.4, -0.2) is 47.1 Å². The minimum Gasteiger partial charge on any atom is -0.389 e. The van der Waals surface area contributed by atoms with E-state index < -0.39 is 0 Å². The highest BCUT2D eigenvalue weighted by atomic mass is 32.1. The summed E-state index contributed by atoms with van der Waals surface area (Å²) in [5.74, 6) is 1.01. The fraction of sp³-hybridized carbons (Fsp3) is 0.600. The van der Waals surface area contributed by atoms with Crippen LogP contribution in [0, 0.1) is 0 Å². The number of pyridine rings is 1. The summed E-state index contributed by atoms with van der Waals surface area (Å²) in [7, 11) is 0. The zero-order valence-corrected chi connectivity index (χ0v) is 12.6. The lowest BCUT2D eigenvalue weighted by molar-refractivity contribution is 0.175. The van der Waals surface area contributed by atoms with Crippen LogP contribution in [-0.2, 0) is 0 Å². The van der Waals surface area contributed by atoms with Crippen molar-refractivity contribution in [3.8, 4) is 0 Å². The van der Waals surface area contributed by atoms with Crippen LogP contribution in [0.5, 0.6) is 0 Å². The van der Waals surface area contributed by atoms with Gasteiger partial charge >= 0.3 is 0 Å². The molecular formula is C15H22N4S. The third-order valence-electron chi connectivity index (χ3n) is 4.42. The Labute approximate surface area is 126 Å². The SMILES string of the molecule is NC(=S)c1ccnc(N2CCC(N3CCCCC3)C2)c1. The van der Waals surface area contributed by atoms with Gasteiger partial charge in [-0.1, -0.05) is 18.6 Å². The molecule has 2 aliphatic heterocycles. The molecule has 0 saturated carbocycles. The molecule has 2 saturated heterocycles. The zero-order chi connectivity index (χ0) is 13.9. The van der Waals surface area contributed by atoms with Crippen LogP contribution in [0.15, 0.2) is 18.3 Å². The fourth-order valence-electron chi connectivity index (χ4n) is 3.28. The van der Waals surface area contributed by atoms with E-state index >= 15 is 0 Å². The molecule has 2 aliphatic rings. The fourth-order valence-corrected chi connectivity index (χ4v) is 3.40. The van der Waals surface area contributed by atoms with E-state index in [4.69, 9.17) is 18.0 Å². The zero-order valence-electron chi connectivity index (χ0n) is 11.8. The lowest BCUT2D eigenvalue weighted by Crippen LogP contribution is -2.41. The first-order valence-corrected chi connectivity index (χ1v) is 7.90. The molecule has 2 N–H and O–H groups in total. The Morgan fingerprint density at radius 1 is 1.25 bits per heavy atom. The van der Waals surface area contributed by atoms with Gasteiger partial charge in [0.25, 0.3) is 0 Å². The molecule has 2 fully saturated rings. The van der Waals surface area contributed by atoms with E-state index in [9.17, 15) is 0 Å². The van der Waals surface area contributed by atoms with Crippen LogP contribution in [0.3, 0.4) is 0 Å². The van der Waals surface area contributed by atoms with Crippen LogP contribution < -0.4 is 10.6 Å². The summed E-state index contributed by atoms with van der Waals surface area (Å²) in [5, 5.41) is 0. The van der Waals surface area contributed by atoms with Gasteiger partial charge in [-0.25, -0.2) is 4.98 Å². The summed E-state index contributed by atoms with van der Waals surface area (Å²) in [6, 6.07) is 4.58. The van der Waals surface area contributed by atoms with Gasteiger partial charge in [-0.15, -0.1) is 0 Å². The first-order chi connectivity index (χ1) is 9.74. The van der Waals surface area contributed by atoms with E-state index in [2.05, 4.69) is 14.8 Å². The van der Waals surface area contributed by atoms with Crippen molar-refractivity contribution in [2.75, 3.05) is 31.1 Å². The van der Waals surface area contributed by atoms with E-state index in [0.29, 0.717) is 11.0 Å². The number of nitrogens with two attached hydrogens (primary N) is 1. The van der Waals surface area contributed by atoms with Gasteiger partial charge in [-0.05, 0) is 44.5 Å². The number of piperidine rings is 1. The Morgan fingerprint density at radius 3 is 2.80 bits per heavy atom. The second-order valence-corrected chi connectivity index (χ2v) is 6.19. The maximum atomic E-state index is 5.70. The van der Waals surface area contributed by atoms with E-state index in [0.717, 1.165) is 24.5 Å². The predicted molar refractivity (Wildman–Crippen MR) is 86.2 cm³/mol. The molecule has 1 unspecified atom stereocenters. The van der Waals surface area contributed by atoms with Gasteiger partial charge < -0.3 is 10.6 Å². The Bertz CT molecular complexity index is 485. The van der Waals surface area contributed by atoms with Gasteiger partial charge in [-0.3, -0.25) is 4.90 Å². The molecule has 1 atom stereocenters. The number of likely N-dealkylation sites (tertiary alicyclic amines) is 1. The quantitative estimate of drug-likeness (QED) is 0.860. The molecule has 0 amide bonds. The first-order valence-electron chi connectivity index (χ1n) is 7.49. The second-order valence-electron chi connectivity index (χ2n) is 5.75. The number of rotatable bonds is 3. The maximum absolute atomic E-state index is 5.70. The van der Waals surface area contributed by atoms with Crippen molar-refractivity contribution in [1.29, 1.82) is 0 Å². The number of thiocarbonyl (C=S) groups is 1. The molecule has 20 heavy (non-hydrogen) atoms. The number of aromatic nitrogens is 1. The van der Waals surface area contributed by atoms with E-state index in [1.807, 2.05) is 12.1 Å². The predicted octanol–water partition coefficient (Wildman–Crippen LogP) is 1.78. The van der Waals surface area contributed by atoms with Crippen LogP contribution in [0.2, 0.25) is 0 Å². The average Bonchev–Trinajstić information content (AvgIpc) is 2.98. The molecule has 3 heterocycles. The Kier molecular flexibility index (Phi) is 4.17. The minimum absolute atomic E-state index is 0.445. The van der Waals surface area contributed by atoms with Gasteiger partial charge in [0.15, 0.2) is 0 Å². The van der Waals surface area contributed by atoms with Gasteiger partial charge in [-0.2, -0.15) is 0 Å². The number of hydrogen-bond acceptors (Lipinski definition) is 4. The maximum Gasteiger partial charge on any atom is 0.129 e. The van der Waals surface area contributed by atoms with Gasteiger partial charge in [0, 0.05) is 30.9 Å². The van der Waals surface area contributed by atoms with Crippen molar-refractivity contribution in [3.63, 3.8) is 0 Å². The van der Waals surface area contributed by atoms with Gasteiger partial charge in [0.05, 0.1) is 0 Å². The molecule has 0 spiro atoms. The van der Waals surface area contributed by atoms with E-state index in [-0.39, 0.29) is 0 Å². The summed E-state index contributed by atoms with van der Waals surface area (Å²) < 4.78 is 0. The van der Waals surface area contributed by atoms with Crippen molar-refractivity contribution in [3.05, 3.63) is 23.9 Å². The highest BCUT2D eigenvalue weighted by Crippen LogP contribution is 2.24. The van der Waals surface area contributed by atoms with Crippen LogP contribution in [0.25, 0.3) is 0 Å². The summed E-state index contributed by atoms with van der Waals surface area (Å²) in [6.07, 6.45) is 7.14. The first kappa shape index (κ1) is 13.8. The Balaban J connectivity index is 1.67. The third-order valence-corrected chi connectivity index (χ3v) is 4.66. The van der Waals surface area contributed by atoms with E-state index in [1.54, 1.807) is 6.20 Å². The van der Waals surface area contributed by atoms with Crippen molar-refractivity contribution < 1.29 is 0 Å². The number of anilines is 1. The molecular weight excluding hydrogens is 268 g/mol. The highest BCUT2D eigenvalue weighted by molar-refractivity contribution is 7.80. The lowest BCUT2D eigenvalue weighted by atomic mass is 10.1. The number of hydrogen-bond donors (Lipinski definition) is 1.